The number of methoxy groups -OCH3 is 1. The third-order valence-corrected chi connectivity index (χ3v) is 4.42. The van der Waals surface area contributed by atoms with Crippen molar-refractivity contribution in [3.63, 3.8) is 0 Å². The Labute approximate surface area is 172 Å². The van der Waals surface area contributed by atoms with E-state index in [1.807, 2.05) is 37.3 Å². The molecule has 6 nitrogen and oxygen atoms in total. The number of hydrogen-bond acceptors (Lipinski definition) is 6. The topological polar surface area (TPSA) is 68.3 Å². The van der Waals surface area contributed by atoms with Gasteiger partial charge < -0.3 is 20.1 Å². The zero-order valence-electron chi connectivity index (χ0n) is 17.4. The minimum absolute atomic E-state index is 0.503. The molecule has 3 aromatic rings. The van der Waals surface area contributed by atoms with Crippen molar-refractivity contribution in [2.24, 2.45) is 0 Å². The fourth-order valence-electron chi connectivity index (χ4n) is 2.81. The Hall–Kier alpha value is -3.28. The van der Waals surface area contributed by atoms with E-state index in [0.717, 1.165) is 28.7 Å². The molecule has 0 spiro atoms. The van der Waals surface area contributed by atoms with E-state index in [1.165, 1.54) is 5.56 Å². The van der Waals surface area contributed by atoms with Crippen LogP contribution in [-0.2, 0) is 0 Å². The Morgan fingerprint density at radius 1 is 0.931 bits per heavy atom. The average molecular weight is 393 g/mol. The van der Waals surface area contributed by atoms with Gasteiger partial charge >= 0.3 is 0 Å². The van der Waals surface area contributed by atoms with Gasteiger partial charge in [0.1, 0.15) is 23.9 Å². The first-order valence-corrected chi connectivity index (χ1v) is 9.77. The molecule has 0 amide bonds. The number of anilines is 3. The predicted octanol–water partition coefficient (Wildman–Crippen LogP) is 5.15. The Morgan fingerprint density at radius 2 is 1.62 bits per heavy atom. The lowest BCUT2D eigenvalue weighted by Crippen LogP contribution is -2.14. The van der Waals surface area contributed by atoms with Crippen molar-refractivity contribution in [1.29, 1.82) is 0 Å². The summed E-state index contributed by atoms with van der Waals surface area (Å²) >= 11 is 0. The predicted molar refractivity (Wildman–Crippen MR) is 118 cm³/mol. The standard InChI is InChI=1S/C23H28N4O2/c1-16(2)18-5-7-19(8-6-18)26-22-15-17(3)25-23(27-22)24-13-14-29-21-11-9-20(28-4)10-12-21/h5-12,15-16H,13-14H2,1-4H3,(H2,24,25,26,27). The molecule has 29 heavy (non-hydrogen) atoms. The first-order valence-electron chi connectivity index (χ1n) is 9.77. The Bertz CT molecular complexity index is 909. The van der Waals surface area contributed by atoms with E-state index < -0.39 is 0 Å². The Kier molecular flexibility index (Phi) is 6.89. The highest BCUT2D eigenvalue weighted by molar-refractivity contribution is 5.58. The van der Waals surface area contributed by atoms with Gasteiger partial charge in [-0.05, 0) is 54.8 Å². The molecular formula is C23H28N4O2. The maximum atomic E-state index is 5.72. The van der Waals surface area contributed by atoms with E-state index in [2.05, 4.69) is 58.7 Å². The molecule has 0 fully saturated rings. The van der Waals surface area contributed by atoms with E-state index in [-0.39, 0.29) is 0 Å². The Morgan fingerprint density at radius 3 is 2.28 bits per heavy atom. The van der Waals surface area contributed by atoms with Crippen molar-refractivity contribution >= 4 is 17.5 Å². The lowest BCUT2D eigenvalue weighted by molar-refractivity contribution is 0.331. The van der Waals surface area contributed by atoms with Gasteiger partial charge in [0.25, 0.3) is 0 Å². The second-order valence-corrected chi connectivity index (χ2v) is 7.07. The molecule has 0 bridgehead atoms. The van der Waals surface area contributed by atoms with Gasteiger partial charge in [0.05, 0.1) is 13.7 Å². The minimum atomic E-state index is 0.503. The summed E-state index contributed by atoms with van der Waals surface area (Å²) in [4.78, 5) is 8.99. The number of aryl methyl sites for hydroxylation is 1. The zero-order valence-corrected chi connectivity index (χ0v) is 17.4. The van der Waals surface area contributed by atoms with Crippen molar-refractivity contribution in [1.82, 2.24) is 9.97 Å². The molecule has 0 saturated carbocycles. The monoisotopic (exact) mass is 392 g/mol. The lowest BCUT2D eigenvalue weighted by Gasteiger charge is -2.12. The fraction of sp³-hybridized carbons (Fsp3) is 0.304. The van der Waals surface area contributed by atoms with Crippen molar-refractivity contribution in [3.8, 4) is 11.5 Å². The molecule has 2 N–H and O–H groups in total. The van der Waals surface area contributed by atoms with Crippen LogP contribution >= 0.6 is 0 Å². The SMILES string of the molecule is COc1ccc(OCCNc2nc(C)cc(Nc3ccc(C(C)C)cc3)n2)cc1. The largest absolute Gasteiger partial charge is 0.497 e. The third-order valence-electron chi connectivity index (χ3n) is 4.42. The highest BCUT2D eigenvalue weighted by Gasteiger charge is 2.04. The first kappa shape index (κ1) is 20.5. The van der Waals surface area contributed by atoms with E-state index >= 15 is 0 Å². The van der Waals surface area contributed by atoms with Gasteiger partial charge in [-0.25, -0.2) is 4.98 Å². The molecule has 1 aromatic heterocycles. The summed E-state index contributed by atoms with van der Waals surface area (Å²) < 4.78 is 10.9. The number of ether oxygens (including phenoxy) is 2. The molecule has 6 heteroatoms. The van der Waals surface area contributed by atoms with Gasteiger partial charge in [-0.1, -0.05) is 26.0 Å². The van der Waals surface area contributed by atoms with Crippen LogP contribution in [0.4, 0.5) is 17.5 Å². The lowest BCUT2D eigenvalue weighted by atomic mass is 10.0. The van der Waals surface area contributed by atoms with Gasteiger partial charge in [-0.3, -0.25) is 0 Å². The summed E-state index contributed by atoms with van der Waals surface area (Å²) in [5, 5.41) is 6.56. The van der Waals surface area contributed by atoms with E-state index in [1.54, 1.807) is 7.11 Å². The van der Waals surface area contributed by atoms with Gasteiger partial charge in [-0.15, -0.1) is 0 Å². The second kappa shape index (κ2) is 9.78. The van der Waals surface area contributed by atoms with E-state index in [4.69, 9.17) is 9.47 Å². The van der Waals surface area contributed by atoms with Gasteiger partial charge in [0, 0.05) is 17.4 Å². The summed E-state index contributed by atoms with van der Waals surface area (Å²) in [5.41, 5.74) is 3.20. The van der Waals surface area contributed by atoms with Crippen LogP contribution in [0.2, 0.25) is 0 Å². The minimum Gasteiger partial charge on any atom is -0.497 e. The maximum Gasteiger partial charge on any atom is 0.224 e. The van der Waals surface area contributed by atoms with Crippen LogP contribution in [0, 0.1) is 6.92 Å². The molecule has 3 rings (SSSR count). The van der Waals surface area contributed by atoms with Crippen molar-refractivity contribution in [2.45, 2.75) is 26.7 Å². The highest BCUT2D eigenvalue weighted by atomic mass is 16.5. The molecule has 0 aliphatic heterocycles. The molecule has 2 aromatic carbocycles. The number of rotatable bonds is 9. The Balaban J connectivity index is 1.54. The molecule has 1 heterocycles. The smallest absolute Gasteiger partial charge is 0.224 e. The van der Waals surface area contributed by atoms with Crippen molar-refractivity contribution < 1.29 is 9.47 Å². The maximum absolute atomic E-state index is 5.72. The van der Waals surface area contributed by atoms with Gasteiger partial charge in [-0.2, -0.15) is 4.98 Å². The molecule has 0 unspecified atom stereocenters. The third kappa shape index (κ3) is 6.10. The molecular weight excluding hydrogens is 364 g/mol. The summed E-state index contributed by atoms with van der Waals surface area (Å²) in [5.74, 6) is 3.45. The molecule has 0 radical (unpaired) electrons. The normalized spacial score (nSPS) is 10.7. The van der Waals surface area contributed by atoms with Crippen LogP contribution < -0.4 is 20.1 Å². The van der Waals surface area contributed by atoms with Crippen LogP contribution in [0.15, 0.2) is 54.6 Å². The number of nitrogens with one attached hydrogen (secondary N) is 2. The fourth-order valence-corrected chi connectivity index (χ4v) is 2.81. The first-order chi connectivity index (χ1) is 14.0. The quantitative estimate of drug-likeness (QED) is 0.491. The van der Waals surface area contributed by atoms with Crippen LogP contribution in [0.25, 0.3) is 0 Å². The van der Waals surface area contributed by atoms with Crippen molar-refractivity contribution in [3.05, 3.63) is 65.9 Å². The van der Waals surface area contributed by atoms with Crippen molar-refractivity contribution in [2.75, 3.05) is 30.9 Å². The molecule has 152 valence electrons. The van der Waals surface area contributed by atoms with Crippen LogP contribution in [0.5, 0.6) is 11.5 Å². The molecule has 0 aliphatic carbocycles. The van der Waals surface area contributed by atoms with E-state index in [0.29, 0.717) is 25.0 Å². The molecule has 0 saturated heterocycles. The van der Waals surface area contributed by atoms with Crippen LogP contribution in [-0.4, -0.2) is 30.2 Å². The number of hydrogen-bond donors (Lipinski definition) is 2. The second-order valence-electron chi connectivity index (χ2n) is 7.07. The highest BCUT2D eigenvalue weighted by Crippen LogP contribution is 2.21. The van der Waals surface area contributed by atoms with Gasteiger partial charge in [0.15, 0.2) is 0 Å². The number of benzene rings is 2. The number of nitrogens with zero attached hydrogens (tertiary/aromatic N) is 2. The van der Waals surface area contributed by atoms with Crippen LogP contribution in [0.3, 0.4) is 0 Å². The summed E-state index contributed by atoms with van der Waals surface area (Å²) in [6.07, 6.45) is 0. The summed E-state index contributed by atoms with van der Waals surface area (Å²) in [6, 6.07) is 17.9. The van der Waals surface area contributed by atoms with Crippen LogP contribution in [0.1, 0.15) is 31.0 Å². The zero-order chi connectivity index (χ0) is 20.6. The van der Waals surface area contributed by atoms with E-state index in [9.17, 15) is 0 Å². The summed E-state index contributed by atoms with van der Waals surface area (Å²) in [7, 11) is 1.64. The molecule has 0 aliphatic rings. The summed E-state index contributed by atoms with van der Waals surface area (Å²) in [6.45, 7) is 7.42. The average Bonchev–Trinajstić information content (AvgIpc) is 2.72. The molecule has 0 atom stereocenters. The number of aromatic nitrogens is 2. The van der Waals surface area contributed by atoms with Gasteiger partial charge in [0.2, 0.25) is 5.95 Å².